The molecule has 0 aromatic carbocycles. The molecular formula is LiMn2NiO+5. The van der Waals surface area contributed by atoms with E-state index < -0.39 is 0 Å². The van der Waals surface area contributed by atoms with E-state index in [1.807, 2.05) is 0 Å². The van der Waals surface area contributed by atoms with E-state index in [1.165, 1.54) is 0 Å². The van der Waals surface area contributed by atoms with E-state index in [1.54, 1.807) is 0 Å². The molecule has 0 saturated heterocycles. The summed E-state index contributed by atoms with van der Waals surface area (Å²) in [6, 6.07) is 0. The van der Waals surface area contributed by atoms with Crippen LogP contribution in [0.4, 0.5) is 0 Å². The zero-order chi connectivity index (χ0) is 0. The molecule has 5 heavy (non-hydrogen) atoms. The molecule has 0 aliphatic rings. The molecular weight excluding hydrogens is 192 g/mol. The molecule has 0 rings (SSSR count). The van der Waals surface area contributed by atoms with Crippen molar-refractivity contribution in [3.63, 3.8) is 0 Å². The molecule has 0 aromatic heterocycles. The molecule has 0 heterocycles. The standard InChI is InChI=1S/Li.2Mn.Ni.O/q+1;3*+2;-2. The predicted molar refractivity (Wildman–Crippen MR) is 0.686 cm³/mol. The van der Waals surface area contributed by atoms with Crippen molar-refractivity contribution in [2.45, 2.75) is 0 Å². The van der Waals surface area contributed by atoms with Crippen LogP contribution in [0, 0.1) is 0 Å². The Balaban J connectivity index is 0. The Morgan fingerprint density at radius 2 is 0.800 bits per heavy atom. The van der Waals surface area contributed by atoms with Gasteiger partial charge in [0.15, 0.2) is 0 Å². The molecule has 2 radical (unpaired) electrons. The summed E-state index contributed by atoms with van der Waals surface area (Å²) in [5.74, 6) is 0. The second kappa shape index (κ2) is 36.1. The van der Waals surface area contributed by atoms with Crippen LogP contribution in [0.3, 0.4) is 0 Å². The molecule has 0 N–H and O–H groups in total. The Bertz CT molecular complexity index is 9.61. The summed E-state index contributed by atoms with van der Waals surface area (Å²) in [5.41, 5.74) is 0. The van der Waals surface area contributed by atoms with Gasteiger partial charge in [0, 0.05) is 0 Å². The normalized spacial score (nSPS) is 0. The summed E-state index contributed by atoms with van der Waals surface area (Å²) in [6.45, 7) is 0. The van der Waals surface area contributed by atoms with Gasteiger partial charge in [-0.2, -0.15) is 0 Å². The first-order valence-electron chi connectivity index (χ1n) is 0. The van der Waals surface area contributed by atoms with Gasteiger partial charge in [0.2, 0.25) is 0 Å². The van der Waals surface area contributed by atoms with Gasteiger partial charge in [0.1, 0.15) is 0 Å². The second-order valence-electron chi connectivity index (χ2n) is 0. The zero-order valence-corrected chi connectivity index (χ0v) is 5.83. The van der Waals surface area contributed by atoms with Crippen molar-refractivity contribution in [2.75, 3.05) is 0 Å². The topological polar surface area (TPSA) is 28.5 Å². The first-order valence-corrected chi connectivity index (χ1v) is 0. The van der Waals surface area contributed by atoms with E-state index in [-0.39, 0.29) is 75.0 Å². The van der Waals surface area contributed by atoms with Crippen molar-refractivity contribution >= 4 is 0 Å². The van der Waals surface area contributed by atoms with Crippen LogP contribution in [0.1, 0.15) is 0 Å². The number of rotatable bonds is 0. The second-order valence-corrected chi connectivity index (χ2v) is 0. The molecule has 0 bridgehead atoms. The van der Waals surface area contributed by atoms with E-state index in [2.05, 4.69) is 0 Å². The largest absolute Gasteiger partial charge is 2.00 e. The van der Waals surface area contributed by atoms with Crippen molar-refractivity contribution in [2.24, 2.45) is 0 Å². The fourth-order valence-corrected chi connectivity index (χ4v) is 0. The average molecular weight is 192 g/mol. The van der Waals surface area contributed by atoms with Gasteiger partial charge in [0.25, 0.3) is 0 Å². The Morgan fingerprint density at radius 3 is 0.800 bits per heavy atom. The molecule has 0 amide bonds. The monoisotopic (exact) mass is 191 g/mol. The van der Waals surface area contributed by atoms with Gasteiger partial charge in [-0.15, -0.1) is 0 Å². The van der Waals surface area contributed by atoms with Crippen LogP contribution in [0.15, 0.2) is 0 Å². The minimum Gasteiger partial charge on any atom is -2.00 e. The Labute approximate surface area is 74.4 Å². The van der Waals surface area contributed by atoms with Crippen molar-refractivity contribution in [1.29, 1.82) is 0 Å². The fourth-order valence-electron chi connectivity index (χ4n) is 0. The van der Waals surface area contributed by atoms with Crippen LogP contribution in [-0.4, -0.2) is 0 Å². The molecule has 0 aliphatic heterocycles. The smallest absolute Gasteiger partial charge is 2.00 e. The average Bonchev–Trinajstić information content (AvgIpc) is 0. The summed E-state index contributed by atoms with van der Waals surface area (Å²) < 4.78 is 0. The third-order valence-electron chi connectivity index (χ3n) is 0. The maximum atomic E-state index is 0. The fraction of sp³-hybridized carbons (Fsp3) is 0. The minimum absolute atomic E-state index is 0. The number of hydrogen-bond acceptors (Lipinski definition) is 0. The van der Waals surface area contributed by atoms with E-state index >= 15 is 0 Å². The minimum atomic E-state index is 0. The van der Waals surface area contributed by atoms with Gasteiger partial charge in [0.05, 0.1) is 0 Å². The van der Waals surface area contributed by atoms with E-state index in [9.17, 15) is 0 Å². The van der Waals surface area contributed by atoms with Gasteiger partial charge in [-0.1, -0.05) is 0 Å². The van der Waals surface area contributed by atoms with Crippen LogP contribution in [0.5, 0.6) is 0 Å². The maximum Gasteiger partial charge on any atom is 2.00 e. The van der Waals surface area contributed by atoms with Crippen molar-refractivity contribution in [3.05, 3.63) is 0 Å². The summed E-state index contributed by atoms with van der Waals surface area (Å²) in [6.07, 6.45) is 0. The van der Waals surface area contributed by atoms with E-state index in [4.69, 9.17) is 0 Å². The third kappa shape index (κ3) is 23.3. The molecule has 0 spiro atoms. The molecule has 5 heteroatoms. The molecule has 1 nitrogen and oxygen atoms in total. The van der Waals surface area contributed by atoms with Crippen molar-refractivity contribution in [1.82, 2.24) is 0 Å². The molecule has 0 unspecified atom stereocenters. The van der Waals surface area contributed by atoms with E-state index in [0.29, 0.717) is 0 Å². The van der Waals surface area contributed by atoms with Crippen LogP contribution in [0.25, 0.3) is 0 Å². The van der Waals surface area contributed by atoms with E-state index in [0.717, 1.165) is 0 Å². The van der Waals surface area contributed by atoms with Gasteiger partial charge in [-0.25, -0.2) is 0 Å². The third-order valence-corrected chi connectivity index (χ3v) is 0. The molecule has 0 saturated carbocycles. The SMILES string of the molecule is [Li+].[Mn+2].[Mn+2].[Ni+2].[O-2]. The van der Waals surface area contributed by atoms with Gasteiger partial charge in [-0.05, 0) is 0 Å². The molecule has 0 atom stereocenters. The van der Waals surface area contributed by atoms with Gasteiger partial charge >= 0.3 is 69.5 Å². The quantitative estimate of drug-likeness (QED) is 0.363. The van der Waals surface area contributed by atoms with Crippen molar-refractivity contribution in [3.8, 4) is 0 Å². The Kier molecular flexibility index (Phi) is 435. The first kappa shape index (κ1) is 60.2. The van der Waals surface area contributed by atoms with Crippen LogP contribution in [0.2, 0.25) is 0 Å². The van der Waals surface area contributed by atoms with Gasteiger partial charge < -0.3 is 5.48 Å². The summed E-state index contributed by atoms with van der Waals surface area (Å²) in [4.78, 5) is 0. The summed E-state index contributed by atoms with van der Waals surface area (Å²) >= 11 is 0. The molecule has 0 aliphatic carbocycles. The predicted octanol–water partition coefficient (Wildman–Crippen LogP) is -3.12. The molecule has 0 fully saturated rings. The summed E-state index contributed by atoms with van der Waals surface area (Å²) in [5, 5.41) is 0. The molecule has 0 aromatic rings. The van der Waals surface area contributed by atoms with Crippen LogP contribution in [-0.2, 0) is 56.1 Å². The van der Waals surface area contributed by atoms with Crippen molar-refractivity contribution < 1.29 is 75.0 Å². The Morgan fingerprint density at radius 1 is 0.800 bits per heavy atom. The van der Waals surface area contributed by atoms with Crippen LogP contribution >= 0.6 is 0 Å². The van der Waals surface area contributed by atoms with Gasteiger partial charge in [-0.3, -0.25) is 0 Å². The molecule has 26 valence electrons. The number of hydrogen-bond donors (Lipinski definition) is 0. The first-order chi connectivity index (χ1) is 0. The van der Waals surface area contributed by atoms with Crippen LogP contribution < -0.4 is 18.9 Å². The Hall–Kier alpha value is 2.09. The zero-order valence-electron chi connectivity index (χ0n) is 2.48. The summed E-state index contributed by atoms with van der Waals surface area (Å²) in [7, 11) is 0. The maximum absolute atomic E-state index is 0.